The molecule has 0 aliphatic heterocycles. The lowest BCUT2D eigenvalue weighted by Crippen LogP contribution is -2.11. The molecule has 0 saturated heterocycles. The van der Waals surface area contributed by atoms with Crippen LogP contribution >= 0.6 is 11.6 Å². The van der Waals surface area contributed by atoms with Crippen LogP contribution in [-0.2, 0) is 10.0 Å². The Hall–Kier alpha value is -2.06. The van der Waals surface area contributed by atoms with Crippen molar-refractivity contribution in [1.82, 2.24) is 10.2 Å². The summed E-state index contributed by atoms with van der Waals surface area (Å²) in [7, 11) is -1.84. The summed E-state index contributed by atoms with van der Waals surface area (Å²) in [5.41, 5.74) is 1.57. The van der Waals surface area contributed by atoms with E-state index in [2.05, 4.69) is 20.2 Å². The van der Waals surface area contributed by atoms with Gasteiger partial charge in [0.25, 0.3) is 0 Å². The van der Waals surface area contributed by atoms with E-state index in [0.717, 1.165) is 11.8 Å². The third kappa shape index (κ3) is 4.22. The first-order valence-electron chi connectivity index (χ1n) is 6.21. The summed E-state index contributed by atoms with van der Waals surface area (Å²) in [4.78, 5) is 0. The zero-order chi connectivity index (χ0) is 16.3. The van der Waals surface area contributed by atoms with E-state index in [1.165, 1.54) is 13.2 Å². The zero-order valence-corrected chi connectivity index (χ0v) is 13.8. The molecular formula is C13H15ClN4O3S. The number of aromatic nitrogens is 2. The number of rotatable bonds is 5. The fourth-order valence-corrected chi connectivity index (χ4v) is 2.35. The van der Waals surface area contributed by atoms with E-state index in [1.54, 1.807) is 12.1 Å². The van der Waals surface area contributed by atoms with Crippen LogP contribution in [0.15, 0.2) is 24.3 Å². The Morgan fingerprint density at radius 2 is 1.82 bits per heavy atom. The molecule has 1 aromatic heterocycles. The number of ether oxygens (including phenoxy) is 1. The molecule has 0 radical (unpaired) electrons. The highest BCUT2D eigenvalue weighted by Gasteiger charge is 2.09. The molecule has 22 heavy (non-hydrogen) atoms. The van der Waals surface area contributed by atoms with Gasteiger partial charge in [0, 0.05) is 11.1 Å². The lowest BCUT2D eigenvalue weighted by molar-refractivity contribution is 0.416. The largest absolute Gasteiger partial charge is 0.495 e. The number of benzene rings is 1. The van der Waals surface area contributed by atoms with Crippen molar-refractivity contribution in [2.24, 2.45) is 0 Å². The van der Waals surface area contributed by atoms with Crippen LogP contribution in [0.3, 0.4) is 0 Å². The zero-order valence-electron chi connectivity index (χ0n) is 12.2. The van der Waals surface area contributed by atoms with Crippen LogP contribution < -0.4 is 14.8 Å². The van der Waals surface area contributed by atoms with E-state index in [9.17, 15) is 8.42 Å². The second-order valence-corrected chi connectivity index (χ2v) is 6.76. The summed E-state index contributed by atoms with van der Waals surface area (Å²) in [6.45, 7) is 1.87. The summed E-state index contributed by atoms with van der Waals surface area (Å²) in [5, 5.41) is 11.3. The molecule has 1 heterocycles. The van der Waals surface area contributed by atoms with Crippen LogP contribution in [0.2, 0.25) is 5.02 Å². The quantitative estimate of drug-likeness (QED) is 0.867. The molecule has 0 saturated carbocycles. The topological polar surface area (TPSA) is 93.2 Å². The summed E-state index contributed by atoms with van der Waals surface area (Å²) in [6.07, 6.45) is 1.04. The maximum Gasteiger partial charge on any atom is 0.231 e. The predicted molar refractivity (Wildman–Crippen MR) is 86.5 cm³/mol. The van der Waals surface area contributed by atoms with Crippen molar-refractivity contribution in [3.05, 3.63) is 34.9 Å². The van der Waals surface area contributed by atoms with Gasteiger partial charge < -0.3 is 10.1 Å². The third-order valence-electron chi connectivity index (χ3n) is 2.70. The van der Waals surface area contributed by atoms with Gasteiger partial charge in [-0.3, -0.25) is 4.72 Å². The van der Waals surface area contributed by atoms with E-state index in [0.29, 0.717) is 22.3 Å². The SMILES string of the molecule is COc1cc(Cl)c(C)cc1Nc1ccc(NS(C)(=O)=O)nn1. The predicted octanol–water partition coefficient (Wildman–Crippen LogP) is 2.56. The van der Waals surface area contributed by atoms with Crippen molar-refractivity contribution >= 4 is 38.9 Å². The number of hydrogen-bond acceptors (Lipinski definition) is 6. The molecule has 0 fully saturated rings. The normalized spacial score (nSPS) is 11.1. The minimum absolute atomic E-state index is 0.146. The number of hydrogen-bond donors (Lipinski definition) is 2. The van der Waals surface area contributed by atoms with E-state index in [1.807, 2.05) is 13.0 Å². The number of methoxy groups -OCH3 is 1. The van der Waals surface area contributed by atoms with Crippen molar-refractivity contribution in [3.63, 3.8) is 0 Å². The smallest absolute Gasteiger partial charge is 0.231 e. The van der Waals surface area contributed by atoms with E-state index < -0.39 is 10.0 Å². The van der Waals surface area contributed by atoms with E-state index in [-0.39, 0.29) is 5.82 Å². The summed E-state index contributed by atoms with van der Waals surface area (Å²) in [6, 6.07) is 6.63. The molecule has 0 unspecified atom stereocenters. The molecule has 2 N–H and O–H groups in total. The number of sulfonamides is 1. The first-order chi connectivity index (χ1) is 10.3. The first-order valence-corrected chi connectivity index (χ1v) is 8.48. The molecule has 118 valence electrons. The van der Waals surface area contributed by atoms with Gasteiger partial charge in [-0.05, 0) is 30.7 Å². The molecule has 0 spiro atoms. The summed E-state index contributed by atoms with van der Waals surface area (Å²) in [5.74, 6) is 1.15. The van der Waals surface area contributed by atoms with Gasteiger partial charge in [-0.25, -0.2) is 8.42 Å². The van der Waals surface area contributed by atoms with Gasteiger partial charge in [0.1, 0.15) is 5.75 Å². The lowest BCUT2D eigenvalue weighted by atomic mass is 10.2. The molecule has 7 nitrogen and oxygen atoms in total. The Kier molecular flexibility index (Phi) is 4.72. The van der Waals surface area contributed by atoms with Crippen LogP contribution in [0.4, 0.5) is 17.3 Å². The van der Waals surface area contributed by atoms with Gasteiger partial charge in [0.2, 0.25) is 10.0 Å². The Balaban J connectivity index is 2.23. The van der Waals surface area contributed by atoms with Crippen molar-refractivity contribution in [2.75, 3.05) is 23.4 Å². The Morgan fingerprint density at radius 3 is 2.36 bits per heavy atom. The van der Waals surface area contributed by atoms with Gasteiger partial charge >= 0.3 is 0 Å². The molecule has 0 atom stereocenters. The van der Waals surface area contributed by atoms with Crippen LogP contribution in [0.5, 0.6) is 5.75 Å². The fourth-order valence-electron chi connectivity index (χ4n) is 1.71. The molecule has 2 aromatic rings. The number of nitrogens with one attached hydrogen (secondary N) is 2. The van der Waals surface area contributed by atoms with Crippen LogP contribution in [0, 0.1) is 6.92 Å². The number of nitrogens with zero attached hydrogens (tertiary/aromatic N) is 2. The molecule has 0 bridgehead atoms. The van der Waals surface area contributed by atoms with Gasteiger partial charge in [-0.15, -0.1) is 10.2 Å². The van der Waals surface area contributed by atoms with Crippen molar-refractivity contribution in [3.8, 4) is 5.75 Å². The highest BCUT2D eigenvalue weighted by Crippen LogP contribution is 2.32. The van der Waals surface area contributed by atoms with Crippen LogP contribution in [0.25, 0.3) is 0 Å². The highest BCUT2D eigenvalue weighted by atomic mass is 35.5. The molecule has 1 aromatic carbocycles. The van der Waals surface area contributed by atoms with E-state index in [4.69, 9.17) is 16.3 Å². The second-order valence-electron chi connectivity index (χ2n) is 4.60. The number of halogens is 1. The summed E-state index contributed by atoms with van der Waals surface area (Å²) < 4.78 is 29.7. The Morgan fingerprint density at radius 1 is 1.18 bits per heavy atom. The molecule has 0 aliphatic rings. The van der Waals surface area contributed by atoms with Gasteiger partial charge in [-0.2, -0.15) is 0 Å². The molecular weight excluding hydrogens is 328 g/mol. The molecule has 9 heteroatoms. The average Bonchev–Trinajstić information content (AvgIpc) is 2.43. The minimum Gasteiger partial charge on any atom is -0.495 e. The standard InChI is InChI=1S/C13H15ClN4O3S/c1-8-6-10(11(21-2)7-9(8)14)15-12-4-5-13(17-16-12)18-22(3,19)20/h4-7H,1-3H3,(H,15,16)(H,17,18). The van der Waals surface area contributed by atoms with E-state index >= 15 is 0 Å². The average molecular weight is 343 g/mol. The second kappa shape index (κ2) is 6.37. The van der Waals surface area contributed by atoms with Crippen LogP contribution in [-0.4, -0.2) is 32.0 Å². The maximum absolute atomic E-state index is 11.1. The Bertz CT molecular complexity index is 779. The van der Waals surface area contributed by atoms with Crippen molar-refractivity contribution in [2.45, 2.75) is 6.92 Å². The monoisotopic (exact) mass is 342 g/mol. The third-order valence-corrected chi connectivity index (χ3v) is 3.69. The van der Waals surface area contributed by atoms with Gasteiger partial charge in [0.15, 0.2) is 11.6 Å². The van der Waals surface area contributed by atoms with Gasteiger partial charge in [-0.1, -0.05) is 11.6 Å². The number of anilines is 3. The molecule has 0 amide bonds. The van der Waals surface area contributed by atoms with Crippen molar-refractivity contribution in [1.29, 1.82) is 0 Å². The molecule has 2 rings (SSSR count). The van der Waals surface area contributed by atoms with Crippen molar-refractivity contribution < 1.29 is 13.2 Å². The first kappa shape index (κ1) is 16.3. The molecule has 0 aliphatic carbocycles. The highest BCUT2D eigenvalue weighted by molar-refractivity contribution is 7.92. The van der Waals surface area contributed by atoms with Crippen LogP contribution in [0.1, 0.15) is 5.56 Å². The van der Waals surface area contributed by atoms with Gasteiger partial charge in [0.05, 0.1) is 19.1 Å². The summed E-state index contributed by atoms with van der Waals surface area (Å²) >= 11 is 6.05. The number of aryl methyl sites for hydroxylation is 1. The maximum atomic E-state index is 11.1. The fraction of sp³-hybridized carbons (Fsp3) is 0.231. The Labute approximate surface area is 133 Å². The minimum atomic E-state index is -3.38. The lowest BCUT2D eigenvalue weighted by Gasteiger charge is -2.12.